The molecule has 8 heteroatoms. The minimum absolute atomic E-state index is 0.169. The smallest absolute Gasteiger partial charge is 0.305 e. The number of hydrogen-bond donors (Lipinski definition) is 4. The Labute approximate surface area is 149 Å². The summed E-state index contributed by atoms with van der Waals surface area (Å²) in [4.78, 5) is 38.6. The minimum atomic E-state index is -0.977. The first-order valence-electron chi connectivity index (χ1n) is 8.44. The van der Waals surface area contributed by atoms with Gasteiger partial charge in [0.05, 0.1) is 18.5 Å². The Hall–Kier alpha value is -2.87. The van der Waals surface area contributed by atoms with E-state index in [9.17, 15) is 14.4 Å². The predicted molar refractivity (Wildman–Crippen MR) is 93.8 cm³/mol. The largest absolute Gasteiger partial charge is 0.481 e. The molecule has 0 spiro atoms. The highest BCUT2D eigenvalue weighted by Gasteiger charge is 2.36. The van der Waals surface area contributed by atoms with Crippen LogP contribution in [0.15, 0.2) is 30.3 Å². The molecule has 0 atom stereocenters. The number of H-pyrrole nitrogens is 1. The van der Waals surface area contributed by atoms with Gasteiger partial charge in [-0.15, -0.1) is 0 Å². The van der Waals surface area contributed by atoms with Gasteiger partial charge < -0.3 is 25.5 Å². The Bertz CT molecular complexity index is 790. The molecule has 8 nitrogen and oxygen atoms in total. The number of fused-ring (bicyclic) bond motifs is 1. The van der Waals surface area contributed by atoms with Crippen LogP contribution >= 0.6 is 0 Å². The molecule has 0 bridgehead atoms. The second kappa shape index (κ2) is 7.57. The van der Waals surface area contributed by atoms with Crippen molar-refractivity contribution in [1.82, 2.24) is 15.6 Å². The molecule has 3 rings (SSSR count). The first-order valence-corrected chi connectivity index (χ1v) is 8.44. The molecule has 1 saturated heterocycles. The summed E-state index contributed by atoms with van der Waals surface area (Å²) < 4.78 is 5.25. The fourth-order valence-electron chi connectivity index (χ4n) is 3.19. The lowest BCUT2D eigenvalue weighted by molar-refractivity contribution is -0.140. The second-order valence-corrected chi connectivity index (χ2v) is 6.46. The summed E-state index contributed by atoms with van der Waals surface area (Å²) in [6.07, 6.45) is 0.695. The number of carboxylic acids is 1. The quantitative estimate of drug-likeness (QED) is 0.614. The maximum Gasteiger partial charge on any atom is 0.305 e. The van der Waals surface area contributed by atoms with E-state index in [0.717, 1.165) is 10.9 Å². The van der Waals surface area contributed by atoms with Crippen LogP contribution in [-0.4, -0.2) is 53.2 Å². The lowest BCUT2D eigenvalue weighted by atomic mass is 9.86. The summed E-state index contributed by atoms with van der Waals surface area (Å²) in [5.41, 5.74) is 0.377. The monoisotopic (exact) mass is 359 g/mol. The van der Waals surface area contributed by atoms with Crippen molar-refractivity contribution < 1.29 is 24.2 Å². The Balaban J connectivity index is 1.58. The van der Waals surface area contributed by atoms with Crippen LogP contribution in [0, 0.1) is 0 Å². The molecule has 1 fully saturated rings. The van der Waals surface area contributed by atoms with Gasteiger partial charge in [-0.3, -0.25) is 14.4 Å². The van der Waals surface area contributed by atoms with Gasteiger partial charge in [-0.05, 0) is 25.0 Å². The van der Waals surface area contributed by atoms with Crippen molar-refractivity contribution in [3.8, 4) is 0 Å². The molecule has 1 aliphatic heterocycles. The van der Waals surface area contributed by atoms with Crippen molar-refractivity contribution in [2.75, 3.05) is 19.8 Å². The van der Waals surface area contributed by atoms with Crippen LogP contribution < -0.4 is 10.6 Å². The van der Waals surface area contributed by atoms with Crippen LogP contribution in [0.5, 0.6) is 0 Å². The van der Waals surface area contributed by atoms with E-state index in [1.165, 1.54) is 0 Å². The van der Waals surface area contributed by atoms with Gasteiger partial charge in [0.2, 0.25) is 5.91 Å². The van der Waals surface area contributed by atoms with Gasteiger partial charge in [-0.25, -0.2) is 0 Å². The summed E-state index contributed by atoms with van der Waals surface area (Å²) in [5, 5.41) is 15.4. The summed E-state index contributed by atoms with van der Waals surface area (Å²) in [5.74, 6) is -1.79. The molecule has 0 unspecified atom stereocenters. The molecule has 138 valence electrons. The number of rotatable bonds is 6. The highest BCUT2D eigenvalue weighted by molar-refractivity contribution is 5.99. The van der Waals surface area contributed by atoms with Gasteiger partial charge in [-0.1, -0.05) is 18.2 Å². The molecule has 1 aromatic carbocycles. The van der Waals surface area contributed by atoms with Crippen LogP contribution in [0.2, 0.25) is 0 Å². The Morgan fingerprint density at radius 2 is 1.92 bits per heavy atom. The number of hydrogen-bond acceptors (Lipinski definition) is 4. The van der Waals surface area contributed by atoms with Crippen LogP contribution in [-0.2, 0) is 14.3 Å². The molecule has 2 aromatic rings. The molecule has 0 saturated carbocycles. The molecule has 4 N–H and O–H groups in total. The van der Waals surface area contributed by atoms with Crippen molar-refractivity contribution in [2.24, 2.45) is 0 Å². The van der Waals surface area contributed by atoms with Gasteiger partial charge in [-0.2, -0.15) is 0 Å². The topological polar surface area (TPSA) is 121 Å². The molecule has 2 heterocycles. The number of nitrogens with one attached hydrogen (secondary N) is 3. The summed E-state index contributed by atoms with van der Waals surface area (Å²) in [6.45, 7) is 0.570. The van der Waals surface area contributed by atoms with Crippen molar-refractivity contribution in [1.29, 1.82) is 0 Å². The predicted octanol–water partition coefficient (Wildman–Crippen LogP) is 1.04. The fraction of sp³-hybridized carbons (Fsp3) is 0.389. The third kappa shape index (κ3) is 4.20. The highest BCUT2D eigenvalue weighted by atomic mass is 16.5. The van der Waals surface area contributed by atoms with E-state index in [1.54, 1.807) is 6.07 Å². The fourth-order valence-corrected chi connectivity index (χ4v) is 3.19. The number of aromatic nitrogens is 1. The first-order chi connectivity index (χ1) is 12.5. The minimum Gasteiger partial charge on any atom is -0.481 e. The first kappa shape index (κ1) is 17.9. The van der Waals surface area contributed by atoms with Crippen LogP contribution in [0.4, 0.5) is 0 Å². The van der Waals surface area contributed by atoms with E-state index >= 15 is 0 Å². The van der Waals surface area contributed by atoms with Crippen molar-refractivity contribution in [3.63, 3.8) is 0 Å². The second-order valence-electron chi connectivity index (χ2n) is 6.46. The highest BCUT2D eigenvalue weighted by Crippen LogP contribution is 2.24. The average molecular weight is 359 g/mol. The molecule has 1 aromatic heterocycles. The van der Waals surface area contributed by atoms with E-state index in [0.29, 0.717) is 31.7 Å². The Morgan fingerprint density at radius 3 is 2.62 bits per heavy atom. The third-order valence-electron chi connectivity index (χ3n) is 4.53. The summed E-state index contributed by atoms with van der Waals surface area (Å²) >= 11 is 0. The summed E-state index contributed by atoms with van der Waals surface area (Å²) in [6, 6.07) is 9.20. The number of carboxylic acid groups (broad SMARTS) is 1. The maximum absolute atomic E-state index is 12.2. The Morgan fingerprint density at radius 1 is 1.19 bits per heavy atom. The number of carbonyl (C=O) groups is 3. The van der Waals surface area contributed by atoms with Crippen molar-refractivity contribution in [3.05, 3.63) is 36.0 Å². The lowest BCUT2D eigenvalue weighted by Crippen LogP contribution is -2.55. The summed E-state index contributed by atoms with van der Waals surface area (Å²) in [7, 11) is 0. The molecule has 0 aliphatic carbocycles. The van der Waals surface area contributed by atoms with E-state index in [2.05, 4.69) is 15.6 Å². The SMILES string of the molecule is O=C(O)CC1(NC(=O)CNC(=O)c2cc3ccccc3[nH]2)CCOCC1. The number of amides is 2. The number of benzene rings is 1. The maximum atomic E-state index is 12.2. The van der Waals surface area contributed by atoms with Crippen LogP contribution in [0.1, 0.15) is 29.8 Å². The zero-order chi connectivity index (χ0) is 18.6. The van der Waals surface area contributed by atoms with E-state index < -0.39 is 23.3 Å². The normalized spacial score (nSPS) is 16.2. The zero-order valence-corrected chi connectivity index (χ0v) is 14.2. The van der Waals surface area contributed by atoms with Gasteiger partial charge >= 0.3 is 5.97 Å². The number of aromatic amines is 1. The number of ether oxygens (including phenoxy) is 1. The molecular formula is C18H21N3O5. The molecule has 26 heavy (non-hydrogen) atoms. The van der Waals surface area contributed by atoms with Crippen molar-refractivity contribution in [2.45, 2.75) is 24.8 Å². The number of aliphatic carboxylic acids is 1. The third-order valence-corrected chi connectivity index (χ3v) is 4.53. The molecule has 0 radical (unpaired) electrons. The van der Waals surface area contributed by atoms with Crippen LogP contribution in [0.3, 0.4) is 0 Å². The van der Waals surface area contributed by atoms with E-state index in [4.69, 9.17) is 9.84 Å². The van der Waals surface area contributed by atoms with E-state index in [1.807, 2.05) is 24.3 Å². The molecule has 2 amide bonds. The number of para-hydroxylation sites is 1. The molecule has 1 aliphatic rings. The van der Waals surface area contributed by atoms with Gasteiger partial charge in [0, 0.05) is 24.1 Å². The average Bonchev–Trinajstić information content (AvgIpc) is 3.04. The van der Waals surface area contributed by atoms with Crippen LogP contribution in [0.25, 0.3) is 10.9 Å². The zero-order valence-electron chi connectivity index (χ0n) is 14.2. The standard InChI is InChI=1S/C18H21N3O5/c22-15(21-18(10-16(23)24)5-7-26-8-6-18)11-19-17(25)14-9-12-3-1-2-4-13(12)20-14/h1-4,9,20H,5-8,10-11H2,(H,19,25)(H,21,22)(H,23,24). The van der Waals surface area contributed by atoms with Gasteiger partial charge in [0.15, 0.2) is 0 Å². The van der Waals surface area contributed by atoms with E-state index in [-0.39, 0.29) is 13.0 Å². The lowest BCUT2D eigenvalue weighted by Gasteiger charge is -2.36. The van der Waals surface area contributed by atoms with Gasteiger partial charge in [0.1, 0.15) is 5.69 Å². The van der Waals surface area contributed by atoms with Crippen molar-refractivity contribution >= 4 is 28.7 Å². The number of carbonyl (C=O) groups excluding carboxylic acids is 2. The molecular weight excluding hydrogens is 338 g/mol. The van der Waals surface area contributed by atoms with Gasteiger partial charge in [0.25, 0.3) is 5.91 Å². The Kier molecular flexibility index (Phi) is 5.22.